The Morgan fingerprint density at radius 3 is 2.65 bits per heavy atom. The van der Waals surface area contributed by atoms with E-state index in [4.69, 9.17) is 5.41 Å². The minimum Gasteiger partial charge on any atom is -0.373 e. The van der Waals surface area contributed by atoms with Crippen LogP contribution < -0.4 is 9.80 Å². The number of rotatable bonds is 9. The SMILES string of the molecule is CCN(C(=O)/C=C/c1ccc(C)cn1)c1ccc(N(C)CCN2CCCC2)c(C=N)c1. The van der Waals surface area contributed by atoms with Crippen molar-refractivity contribution < 1.29 is 4.79 Å². The molecule has 1 fully saturated rings. The predicted octanol–water partition coefficient (Wildman–Crippen LogP) is 3.99. The number of nitrogens with one attached hydrogen (secondary N) is 1. The highest BCUT2D eigenvalue weighted by molar-refractivity contribution is 6.04. The van der Waals surface area contributed by atoms with Gasteiger partial charge in [-0.25, -0.2) is 0 Å². The third kappa shape index (κ3) is 6.01. The van der Waals surface area contributed by atoms with Gasteiger partial charge >= 0.3 is 0 Å². The van der Waals surface area contributed by atoms with Gasteiger partial charge in [-0.05, 0) is 75.7 Å². The van der Waals surface area contributed by atoms with Gasteiger partial charge in [-0.3, -0.25) is 9.78 Å². The third-order valence-corrected chi connectivity index (χ3v) is 5.75. The van der Waals surface area contributed by atoms with Gasteiger partial charge in [0.15, 0.2) is 0 Å². The first-order valence-electron chi connectivity index (χ1n) is 11.0. The molecule has 1 aliphatic rings. The monoisotopic (exact) mass is 419 g/mol. The Bertz CT molecular complexity index is 916. The Labute approximate surface area is 185 Å². The van der Waals surface area contributed by atoms with E-state index in [-0.39, 0.29) is 5.91 Å². The Balaban J connectivity index is 1.71. The summed E-state index contributed by atoms with van der Waals surface area (Å²) in [5.41, 5.74) is 4.47. The first-order chi connectivity index (χ1) is 15.0. The van der Waals surface area contributed by atoms with Crippen LogP contribution in [0.5, 0.6) is 0 Å². The number of carbonyl (C=O) groups is 1. The van der Waals surface area contributed by atoms with Crippen LogP contribution >= 0.6 is 0 Å². The number of hydrogen-bond donors (Lipinski definition) is 1. The van der Waals surface area contributed by atoms with E-state index in [2.05, 4.69) is 21.8 Å². The Morgan fingerprint density at radius 1 is 1.23 bits per heavy atom. The number of likely N-dealkylation sites (N-methyl/N-ethyl adjacent to an activating group) is 2. The van der Waals surface area contributed by atoms with Crippen molar-refractivity contribution in [2.75, 3.05) is 49.6 Å². The number of aryl methyl sites for hydroxylation is 1. The highest BCUT2D eigenvalue weighted by Crippen LogP contribution is 2.25. The smallest absolute Gasteiger partial charge is 0.251 e. The van der Waals surface area contributed by atoms with E-state index in [1.807, 2.05) is 44.2 Å². The van der Waals surface area contributed by atoms with Gasteiger partial charge in [0.1, 0.15) is 0 Å². The molecule has 1 N–H and O–H groups in total. The second-order valence-electron chi connectivity index (χ2n) is 8.03. The van der Waals surface area contributed by atoms with Crippen LogP contribution in [0.25, 0.3) is 6.08 Å². The maximum absolute atomic E-state index is 12.8. The lowest BCUT2D eigenvalue weighted by Gasteiger charge is -2.26. The molecule has 6 heteroatoms. The molecule has 31 heavy (non-hydrogen) atoms. The first kappa shape index (κ1) is 22.7. The van der Waals surface area contributed by atoms with Crippen LogP contribution in [0.1, 0.15) is 36.6 Å². The summed E-state index contributed by atoms with van der Waals surface area (Å²) < 4.78 is 0. The summed E-state index contributed by atoms with van der Waals surface area (Å²) in [7, 11) is 2.07. The minimum atomic E-state index is -0.101. The Morgan fingerprint density at radius 2 is 2.00 bits per heavy atom. The van der Waals surface area contributed by atoms with Gasteiger partial charge < -0.3 is 20.1 Å². The van der Waals surface area contributed by atoms with Crippen LogP contribution in [0, 0.1) is 12.3 Å². The first-order valence-corrected chi connectivity index (χ1v) is 11.0. The van der Waals surface area contributed by atoms with E-state index in [9.17, 15) is 4.79 Å². The molecule has 6 nitrogen and oxygen atoms in total. The summed E-state index contributed by atoms with van der Waals surface area (Å²) in [5, 5.41) is 7.90. The van der Waals surface area contributed by atoms with Gasteiger partial charge in [0.05, 0.1) is 5.69 Å². The lowest BCUT2D eigenvalue weighted by molar-refractivity contribution is -0.114. The van der Waals surface area contributed by atoms with Gasteiger partial charge in [-0.1, -0.05) is 6.07 Å². The number of carbonyl (C=O) groups excluding carboxylic acids is 1. The zero-order valence-electron chi connectivity index (χ0n) is 18.8. The number of nitrogens with zero attached hydrogens (tertiary/aromatic N) is 4. The van der Waals surface area contributed by atoms with Crippen molar-refractivity contribution in [2.45, 2.75) is 26.7 Å². The predicted molar refractivity (Wildman–Crippen MR) is 129 cm³/mol. The number of aromatic nitrogens is 1. The topological polar surface area (TPSA) is 63.5 Å². The lowest BCUT2D eigenvalue weighted by atomic mass is 10.1. The molecule has 1 aliphatic heterocycles. The van der Waals surface area contributed by atoms with E-state index < -0.39 is 0 Å². The molecule has 0 aliphatic carbocycles. The lowest BCUT2D eigenvalue weighted by Crippen LogP contribution is -2.32. The van der Waals surface area contributed by atoms with Crippen molar-refractivity contribution in [3.8, 4) is 0 Å². The quantitative estimate of drug-likeness (QED) is 0.493. The summed E-state index contributed by atoms with van der Waals surface area (Å²) in [6.07, 6.45) is 9.04. The van der Waals surface area contributed by atoms with Gasteiger partial charge in [0.2, 0.25) is 0 Å². The summed E-state index contributed by atoms with van der Waals surface area (Å²) in [6.45, 7) is 8.81. The zero-order valence-corrected chi connectivity index (χ0v) is 18.8. The molecule has 0 unspecified atom stereocenters. The van der Waals surface area contributed by atoms with Crippen molar-refractivity contribution in [2.24, 2.45) is 0 Å². The molecular weight excluding hydrogens is 386 g/mol. The van der Waals surface area contributed by atoms with E-state index in [1.165, 1.54) is 32.1 Å². The van der Waals surface area contributed by atoms with E-state index in [1.54, 1.807) is 23.2 Å². The fourth-order valence-corrected chi connectivity index (χ4v) is 3.88. The van der Waals surface area contributed by atoms with Crippen molar-refractivity contribution >= 4 is 29.6 Å². The van der Waals surface area contributed by atoms with E-state index in [0.717, 1.165) is 41.3 Å². The summed E-state index contributed by atoms with van der Waals surface area (Å²) in [6, 6.07) is 9.78. The van der Waals surface area contributed by atoms with Gasteiger partial charge in [-0.2, -0.15) is 0 Å². The maximum Gasteiger partial charge on any atom is 0.251 e. The average Bonchev–Trinajstić information content (AvgIpc) is 3.31. The van der Waals surface area contributed by atoms with Crippen molar-refractivity contribution in [1.82, 2.24) is 9.88 Å². The fourth-order valence-electron chi connectivity index (χ4n) is 3.88. The molecule has 1 aromatic carbocycles. The van der Waals surface area contributed by atoms with Gasteiger partial charge in [-0.15, -0.1) is 0 Å². The van der Waals surface area contributed by atoms with Gasteiger partial charge in [0, 0.05) is 62.1 Å². The highest BCUT2D eigenvalue weighted by atomic mass is 16.2. The van der Waals surface area contributed by atoms with Crippen LogP contribution in [0.4, 0.5) is 11.4 Å². The number of anilines is 2. The van der Waals surface area contributed by atoms with Crippen molar-refractivity contribution in [1.29, 1.82) is 5.41 Å². The molecule has 2 aromatic rings. The fraction of sp³-hybridized carbons (Fsp3) is 0.400. The zero-order chi connectivity index (χ0) is 22.2. The number of benzene rings is 1. The summed E-state index contributed by atoms with van der Waals surface area (Å²) in [4.78, 5) is 23.5. The second kappa shape index (κ2) is 10.9. The number of pyridine rings is 1. The molecule has 1 aromatic heterocycles. The Hall–Kier alpha value is -2.99. The molecule has 0 saturated carbocycles. The normalized spacial score (nSPS) is 14.2. The summed E-state index contributed by atoms with van der Waals surface area (Å²) in [5.74, 6) is -0.101. The highest BCUT2D eigenvalue weighted by Gasteiger charge is 2.16. The number of hydrogen-bond acceptors (Lipinski definition) is 5. The number of likely N-dealkylation sites (tertiary alicyclic amines) is 1. The van der Waals surface area contributed by atoms with Crippen LogP contribution in [-0.2, 0) is 4.79 Å². The Kier molecular flexibility index (Phi) is 7.95. The summed E-state index contributed by atoms with van der Waals surface area (Å²) >= 11 is 0. The average molecular weight is 420 g/mol. The van der Waals surface area contributed by atoms with Crippen LogP contribution in [0.15, 0.2) is 42.6 Å². The van der Waals surface area contributed by atoms with Crippen molar-refractivity contribution in [3.63, 3.8) is 0 Å². The van der Waals surface area contributed by atoms with Crippen LogP contribution in [0.3, 0.4) is 0 Å². The standard InChI is InChI=1S/C25H33N5O/c1-4-30(25(31)12-9-22-8-7-20(2)19-27-22)23-10-11-24(21(17-23)18-26)28(3)15-16-29-13-5-6-14-29/h7-12,17-19,26H,4-6,13-16H2,1-3H3/b12-9+,26-18?. The molecule has 2 heterocycles. The van der Waals surface area contributed by atoms with Crippen molar-refractivity contribution in [3.05, 3.63) is 59.4 Å². The molecule has 1 saturated heterocycles. The molecule has 0 atom stereocenters. The molecular formula is C25H33N5O. The van der Waals surface area contributed by atoms with Gasteiger partial charge in [0.25, 0.3) is 5.91 Å². The van der Waals surface area contributed by atoms with E-state index in [0.29, 0.717) is 6.54 Å². The van der Waals surface area contributed by atoms with Crippen LogP contribution in [0.2, 0.25) is 0 Å². The maximum atomic E-state index is 12.8. The van der Waals surface area contributed by atoms with Crippen LogP contribution in [-0.4, -0.2) is 61.8 Å². The molecule has 0 spiro atoms. The molecule has 3 rings (SSSR count). The third-order valence-electron chi connectivity index (χ3n) is 5.75. The van der Waals surface area contributed by atoms with E-state index >= 15 is 0 Å². The largest absolute Gasteiger partial charge is 0.373 e. The molecule has 0 radical (unpaired) electrons. The minimum absolute atomic E-state index is 0.101. The molecule has 1 amide bonds. The molecule has 0 bridgehead atoms. The second-order valence-corrected chi connectivity index (χ2v) is 8.03. The molecule has 164 valence electrons. The number of amides is 1.